The fourth-order valence-corrected chi connectivity index (χ4v) is 6.52. The summed E-state index contributed by atoms with van der Waals surface area (Å²) >= 11 is 0. The van der Waals surface area contributed by atoms with E-state index in [2.05, 4.69) is 15.0 Å². The van der Waals surface area contributed by atoms with Crippen molar-refractivity contribution in [3.63, 3.8) is 0 Å². The lowest BCUT2D eigenvalue weighted by Gasteiger charge is -2.41. The Labute approximate surface area is 171 Å². The highest BCUT2D eigenvalue weighted by Crippen LogP contribution is 2.80. The molecule has 0 spiro atoms. The molecule has 5 heterocycles. The van der Waals surface area contributed by atoms with E-state index in [-0.39, 0.29) is 12.2 Å². The Kier molecular flexibility index (Phi) is 4.18. The first-order valence-electron chi connectivity index (χ1n) is 9.83. The van der Waals surface area contributed by atoms with Crippen LogP contribution in [0, 0.1) is 0 Å². The predicted octanol–water partition coefficient (Wildman–Crippen LogP) is 0.590. The number of nitrogens with two attached hydrogens (primary N) is 1. The number of hydrogen-bond donors (Lipinski definition) is 4. The van der Waals surface area contributed by atoms with Crippen molar-refractivity contribution >= 4 is 24.6 Å². The first-order chi connectivity index (χ1) is 14.1. The molecular formula is C17H24N5O7P. The summed E-state index contributed by atoms with van der Waals surface area (Å²) in [6.45, 7) is 5.14. The molecule has 5 N–H and O–H groups in total. The third-order valence-electron chi connectivity index (χ3n) is 6.48. The average molecular weight is 441 g/mol. The van der Waals surface area contributed by atoms with E-state index in [1.807, 2.05) is 6.92 Å². The molecule has 0 saturated carbocycles. The second kappa shape index (κ2) is 6.19. The van der Waals surface area contributed by atoms with E-state index in [9.17, 15) is 19.9 Å². The van der Waals surface area contributed by atoms with Gasteiger partial charge >= 0.3 is 7.60 Å². The highest BCUT2D eigenvalue weighted by molar-refractivity contribution is 7.61. The van der Waals surface area contributed by atoms with Gasteiger partial charge in [0, 0.05) is 6.42 Å². The fraction of sp³-hybridized carbons (Fsp3) is 0.706. The number of ether oxygens (including phenoxy) is 1. The maximum Gasteiger partial charge on any atom is 0.393 e. The summed E-state index contributed by atoms with van der Waals surface area (Å²) in [5.74, 6) is -0.202. The van der Waals surface area contributed by atoms with Crippen LogP contribution in [0.2, 0.25) is 0 Å². The van der Waals surface area contributed by atoms with E-state index in [0.717, 1.165) is 0 Å². The number of hydrogen-bond acceptors (Lipinski definition) is 11. The molecule has 0 radical (unpaired) electrons. The highest BCUT2D eigenvalue weighted by atomic mass is 31.2. The molecule has 8 atom stereocenters. The quantitative estimate of drug-likeness (QED) is 0.377. The average Bonchev–Trinajstić information content (AvgIpc) is 2.98. The van der Waals surface area contributed by atoms with E-state index in [1.54, 1.807) is 18.4 Å². The number of nitrogen functional groups attached to an aromatic ring is 1. The Morgan fingerprint density at radius 2 is 2.10 bits per heavy atom. The van der Waals surface area contributed by atoms with E-state index < -0.39 is 49.2 Å². The van der Waals surface area contributed by atoms with Gasteiger partial charge in [-0.2, -0.15) is 0 Å². The Morgan fingerprint density at radius 3 is 2.73 bits per heavy atom. The molecule has 2 fully saturated rings. The van der Waals surface area contributed by atoms with Crippen LogP contribution in [0.4, 0.5) is 5.82 Å². The number of aliphatic hydroxyl groups is 3. The first-order valence-corrected chi connectivity index (χ1v) is 11.4. The summed E-state index contributed by atoms with van der Waals surface area (Å²) in [4.78, 5) is 12.8. The van der Waals surface area contributed by atoms with E-state index in [1.165, 1.54) is 6.33 Å². The molecule has 164 valence electrons. The zero-order chi connectivity index (χ0) is 21.6. The van der Waals surface area contributed by atoms with Crippen LogP contribution >= 0.6 is 7.60 Å². The van der Waals surface area contributed by atoms with Crippen molar-refractivity contribution in [1.29, 1.82) is 0 Å². The van der Waals surface area contributed by atoms with Crippen molar-refractivity contribution in [1.82, 2.24) is 19.5 Å². The van der Waals surface area contributed by atoms with Crippen LogP contribution in [0.25, 0.3) is 11.2 Å². The Balaban J connectivity index is 1.67. The van der Waals surface area contributed by atoms with Crippen molar-refractivity contribution in [2.24, 2.45) is 0 Å². The molecule has 0 aliphatic carbocycles. The molecule has 2 bridgehead atoms. The summed E-state index contributed by atoms with van der Waals surface area (Å²) < 4.78 is 31.6. The number of aromatic nitrogens is 4. The van der Waals surface area contributed by atoms with Crippen LogP contribution < -0.4 is 5.73 Å². The van der Waals surface area contributed by atoms with Crippen molar-refractivity contribution in [2.45, 2.75) is 75.2 Å². The number of anilines is 1. The molecule has 0 amide bonds. The van der Waals surface area contributed by atoms with Crippen LogP contribution in [0.5, 0.6) is 0 Å². The third kappa shape index (κ3) is 2.44. The minimum atomic E-state index is -3.79. The van der Waals surface area contributed by atoms with Gasteiger partial charge in [0.25, 0.3) is 5.53 Å². The number of imidazole rings is 1. The zero-order valence-electron chi connectivity index (χ0n) is 16.7. The SMILES string of the molecule is CCC(C)(OP1(=O)OC1(O)CC)C1c2nc3c(N)ncnc3n2C2OC1C(O)C2O. The molecule has 30 heavy (non-hydrogen) atoms. The zero-order valence-corrected chi connectivity index (χ0v) is 17.6. The monoisotopic (exact) mass is 441 g/mol. The van der Waals surface area contributed by atoms with Crippen LogP contribution in [-0.2, 0) is 18.3 Å². The van der Waals surface area contributed by atoms with Crippen molar-refractivity contribution in [2.75, 3.05) is 5.73 Å². The van der Waals surface area contributed by atoms with Gasteiger partial charge in [0.2, 0.25) is 0 Å². The van der Waals surface area contributed by atoms with Crippen molar-refractivity contribution in [3.05, 3.63) is 12.2 Å². The summed E-state index contributed by atoms with van der Waals surface area (Å²) in [5, 5.41) is 31.6. The Hall–Kier alpha value is -1.66. The second-order valence-corrected chi connectivity index (χ2v) is 10.2. The predicted molar refractivity (Wildman–Crippen MR) is 102 cm³/mol. The van der Waals surface area contributed by atoms with Gasteiger partial charge in [-0.3, -0.25) is 18.2 Å². The van der Waals surface area contributed by atoms with Gasteiger partial charge in [0.05, 0.1) is 11.5 Å². The Bertz CT molecular complexity index is 1080. The number of fused-ring (bicyclic) bond motifs is 6. The molecule has 2 aromatic heterocycles. The molecule has 0 aromatic carbocycles. The van der Waals surface area contributed by atoms with E-state index >= 15 is 0 Å². The summed E-state index contributed by atoms with van der Waals surface area (Å²) in [6, 6.07) is 0. The number of rotatable bonds is 5. The first kappa shape index (κ1) is 20.3. The van der Waals surface area contributed by atoms with E-state index in [0.29, 0.717) is 23.4 Å². The second-order valence-electron chi connectivity index (χ2n) is 8.16. The van der Waals surface area contributed by atoms with Crippen LogP contribution in [0.3, 0.4) is 0 Å². The largest absolute Gasteiger partial charge is 0.393 e. The number of nitrogens with zero attached hydrogens (tertiary/aromatic N) is 4. The molecule has 13 heteroatoms. The molecular weight excluding hydrogens is 417 g/mol. The molecule has 5 rings (SSSR count). The van der Waals surface area contributed by atoms with Crippen LogP contribution in [0.15, 0.2) is 6.33 Å². The van der Waals surface area contributed by atoms with Crippen molar-refractivity contribution in [3.8, 4) is 0 Å². The summed E-state index contributed by atoms with van der Waals surface area (Å²) in [5.41, 5.74) is 3.59. The van der Waals surface area contributed by atoms with Gasteiger partial charge < -0.3 is 25.8 Å². The summed E-state index contributed by atoms with van der Waals surface area (Å²) in [6.07, 6.45) is -2.60. The van der Waals surface area contributed by atoms with Gasteiger partial charge in [-0.15, -0.1) is 0 Å². The molecule has 2 aromatic rings. The molecule has 3 aliphatic heterocycles. The van der Waals surface area contributed by atoms with Crippen molar-refractivity contribution < 1.29 is 33.7 Å². The topological polar surface area (TPSA) is 178 Å². The highest BCUT2D eigenvalue weighted by Gasteiger charge is 2.72. The maximum absolute atomic E-state index is 13.0. The lowest BCUT2D eigenvalue weighted by Crippen LogP contribution is -2.47. The van der Waals surface area contributed by atoms with Gasteiger partial charge in [-0.1, -0.05) is 13.8 Å². The standard InChI is InChI=1S/C17H24N5O7P/c1-4-16(3,28-30(26)17(25,5-2)29-30)7-11-9(23)10(24)15(27-11)22-13(7)21-8-12(18)19-6-20-14(8)22/h6-7,9-11,15,23-25H,4-5H2,1-3H3,(H2,18,19,20). The van der Waals surface area contributed by atoms with Gasteiger partial charge in [-0.05, 0) is 13.3 Å². The Morgan fingerprint density at radius 1 is 1.37 bits per heavy atom. The lowest BCUT2D eigenvalue weighted by atomic mass is 9.80. The van der Waals surface area contributed by atoms with Gasteiger partial charge in [-0.25, -0.2) is 15.0 Å². The molecule has 2 saturated heterocycles. The lowest BCUT2D eigenvalue weighted by molar-refractivity contribution is -0.105. The third-order valence-corrected chi connectivity index (χ3v) is 8.78. The van der Waals surface area contributed by atoms with E-state index in [4.69, 9.17) is 19.5 Å². The fourth-order valence-electron chi connectivity index (χ4n) is 4.49. The molecule has 12 nitrogen and oxygen atoms in total. The molecule has 3 aliphatic rings. The number of aliphatic hydroxyl groups excluding tert-OH is 2. The summed E-state index contributed by atoms with van der Waals surface area (Å²) in [7, 11) is -3.79. The van der Waals surface area contributed by atoms with Crippen LogP contribution in [-0.4, -0.2) is 64.3 Å². The minimum absolute atomic E-state index is 0.0999. The molecule has 8 unspecified atom stereocenters. The smallest absolute Gasteiger partial charge is 0.387 e. The minimum Gasteiger partial charge on any atom is -0.387 e. The normalized spacial score (nSPS) is 41.6. The van der Waals surface area contributed by atoms with Gasteiger partial charge in [0.1, 0.15) is 30.5 Å². The van der Waals surface area contributed by atoms with Gasteiger partial charge in [0.15, 0.2) is 23.2 Å². The van der Waals surface area contributed by atoms with Crippen LogP contribution in [0.1, 0.15) is 51.6 Å². The maximum atomic E-state index is 13.0.